The van der Waals surface area contributed by atoms with Crippen LogP contribution in [-0.2, 0) is 17.6 Å². The molecule has 7 nitrogen and oxygen atoms in total. The van der Waals surface area contributed by atoms with E-state index in [0.717, 1.165) is 81.5 Å². The van der Waals surface area contributed by atoms with Crippen LogP contribution in [0.2, 0.25) is 5.02 Å². The Morgan fingerprint density at radius 2 is 1.82 bits per heavy atom. The van der Waals surface area contributed by atoms with Gasteiger partial charge in [-0.3, -0.25) is 14.5 Å². The van der Waals surface area contributed by atoms with Crippen LogP contribution < -0.4 is 10.6 Å². The fraction of sp³-hybridized carbons (Fsp3) is 0.560. The Balaban J connectivity index is 1.42. The maximum absolute atomic E-state index is 13.3. The summed E-state index contributed by atoms with van der Waals surface area (Å²) < 4.78 is 1.93. The smallest absolute Gasteiger partial charge is 0.272 e. The maximum atomic E-state index is 13.3. The van der Waals surface area contributed by atoms with Gasteiger partial charge in [-0.2, -0.15) is 5.10 Å². The van der Waals surface area contributed by atoms with Crippen molar-refractivity contribution in [2.45, 2.75) is 64.3 Å². The van der Waals surface area contributed by atoms with Crippen molar-refractivity contribution >= 4 is 23.4 Å². The summed E-state index contributed by atoms with van der Waals surface area (Å²) in [5, 5.41) is 11.6. The minimum Gasteiger partial charge on any atom is -0.355 e. The first-order valence-corrected chi connectivity index (χ1v) is 12.6. The molecule has 178 valence electrons. The van der Waals surface area contributed by atoms with E-state index >= 15 is 0 Å². The zero-order valence-corrected chi connectivity index (χ0v) is 20.2. The van der Waals surface area contributed by atoms with Gasteiger partial charge in [0.1, 0.15) is 0 Å². The highest BCUT2D eigenvalue weighted by Gasteiger charge is 2.28. The average Bonchev–Trinajstić information content (AvgIpc) is 3.00. The molecule has 0 saturated carbocycles. The van der Waals surface area contributed by atoms with Crippen molar-refractivity contribution in [1.82, 2.24) is 25.3 Å². The van der Waals surface area contributed by atoms with E-state index in [9.17, 15) is 9.59 Å². The standard InChI is InChI=1S/C25H34ClN5O2/c1-2-14-27-23(32)17-30-15-12-19(13-16-30)28-25(33)24-21-6-4-3-5-7-22(21)31(29-24)20-10-8-18(26)9-11-20/h8-11,19H,2-7,12-17H2,1H3,(H,27,32)(H,28,33). The molecule has 0 unspecified atom stereocenters. The van der Waals surface area contributed by atoms with Crippen LogP contribution in [0.1, 0.15) is 67.2 Å². The van der Waals surface area contributed by atoms with Crippen LogP contribution in [-0.4, -0.2) is 58.7 Å². The summed E-state index contributed by atoms with van der Waals surface area (Å²) in [6.45, 7) is 4.81. The predicted octanol–water partition coefficient (Wildman–Crippen LogP) is 3.52. The van der Waals surface area contributed by atoms with Crippen LogP contribution in [0.3, 0.4) is 0 Å². The highest BCUT2D eigenvalue weighted by atomic mass is 35.5. The number of nitrogens with one attached hydrogen (secondary N) is 2. The van der Waals surface area contributed by atoms with Gasteiger partial charge < -0.3 is 10.6 Å². The number of carbonyl (C=O) groups excluding carboxylic acids is 2. The van der Waals surface area contributed by atoms with Crippen molar-refractivity contribution in [2.24, 2.45) is 0 Å². The van der Waals surface area contributed by atoms with Crippen LogP contribution in [0.25, 0.3) is 5.69 Å². The molecular weight excluding hydrogens is 438 g/mol. The van der Waals surface area contributed by atoms with E-state index in [1.165, 1.54) is 6.42 Å². The van der Waals surface area contributed by atoms with E-state index in [-0.39, 0.29) is 17.9 Å². The molecule has 1 aliphatic heterocycles. The Labute approximate surface area is 200 Å². The molecule has 1 aliphatic carbocycles. The Bertz CT molecular complexity index is 964. The molecule has 1 fully saturated rings. The van der Waals surface area contributed by atoms with Crippen molar-refractivity contribution < 1.29 is 9.59 Å². The molecule has 2 amide bonds. The van der Waals surface area contributed by atoms with Crippen LogP contribution in [0.15, 0.2) is 24.3 Å². The summed E-state index contributed by atoms with van der Waals surface area (Å²) in [6.07, 6.45) is 7.79. The molecule has 0 atom stereocenters. The lowest BCUT2D eigenvalue weighted by atomic mass is 10.0. The Morgan fingerprint density at radius 1 is 1.09 bits per heavy atom. The normalized spacial score (nSPS) is 17.3. The number of piperidine rings is 1. The van der Waals surface area contributed by atoms with E-state index in [4.69, 9.17) is 16.7 Å². The summed E-state index contributed by atoms with van der Waals surface area (Å²) in [4.78, 5) is 27.4. The molecule has 0 bridgehead atoms. The molecule has 4 rings (SSSR count). The van der Waals surface area contributed by atoms with E-state index in [1.807, 2.05) is 35.9 Å². The van der Waals surface area contributed by atoms with Crippen molar-refractivity contribution in [3.8, 4) is 5.69 Å². The van der Waals surface area contributed by atoms with Gasteiger partial charge in [0.25, 0.3) is 5.91 Å². The predicted molar refractivity (Wildman–Crippen MR) is 130 cm³/mol. The molecule has 2 heterocycles. The number of halogens is 1. The first-order valence-electron chi connectivity index (χ1n) is 12.2. The Morgan fingerprint density at radius 3 is 2.55 bits per heavy atom. The fourth-order valence-corrected chi connectivity index (χ4v) is 4.89. The molecule has 0 radical (unpaired) electrons. The number of hydrogen-bond donors (Lipinski definition) is 2. The molecule has 0 spiro atoms. The van der Waals surface area contributed by atoms with Gasteiger partial charge in [0.15, 0.2) is 5.69 Å². The van der Waals surface area contributed by atoms with Crippen molar-refractivity contribution in [2.75, 3.05) is 26.2 Å². The van der Waals surface area contributed by atoms with Crippen LogP contribution in [0, 0.1) is 0 Å². The van der Waals surface area contributed by atoms with Crippen LogP contribution in [0.4, 0.5) is 0 Å². The number of carbonyl (C=O) groups is 2. The number of fused-ring (bicyclic) bond motifs is 1. The van der Waals surface area contributed by atoms with Crippen LogP contribution >= 0.6 is 11.6 Å². The third kappa shape index (κ3) is 5.95. The molecule has 2 N–H and O–H groups in total. The summed E-state index contributed by atoms with van der Waals surface area (Å²) >= 11 is 6.07. The SMILES string of the molecule is CCCNC(=O)CN1CCC(NC(=O)c2nn(-c3ccc(Cl)cc3)c3c2CCCCC3)CC1. The quantitative estimate of drug-likeness (QED) is 0.605. The average molecular weight is 472 g/mol. The highest BCUT2D eigenvalue weighted by Crippen LogP contribution is 2.27. The van der Waals surface area contributed by atoms with Crippen molar-refractivity contribution in [3.05, 3.63) is 46.2 Å². The zero-order chi connectivity index (χ0) is 23.2. The topological polar surface area (TPSA) is 79.3 Å². The summed E-state index contributed by atoms with van der Waals surface area (Å²) in [5.74, 6) is -0.00484. The third-order valence-corrected chi connectivity index (χ3v) is 6.83. The maximum Gasteiger partial charge on any atom is 0.272 e. The van der Waals surface area contributed by atoms with Gasteiger partial charge in [-0.1, -0.05) is 24.9 Å². The molecule has 1 aromatic heterocycles. The van der Waals surface area contributed by atoms with Gasteiger partial charge >= 0.3 is 0 Å². The fourth-order valence-electron chi connectivity index (χ4n) is 4.77. The second-order valence-electron chi connectivity index (χ2n) is 9.10. The summed E-state index contributed by atoms with van der Waals surface area (Å²) in [6, 6.07) is 7.73. The monoisotopic (exact) mass is 471 g/mol. The lowest BCUT2D eigenvalue weighted by Gasteiger charge is -2.31. The second-order valence-corrected chi connectivity index (χ2v) is 9.53. The van der Waals surface area contributed by atoms with Gasteiger partial charge in [0.05, 0.1) is 12.2 Å². The first kappa shape index (κ1) is 23.8. The van der Waals surface area contributed by atoms with E-state index in [0.29, 0.717) is 17.3 Å². The van der Waals surface area contributed by atoms with E-state index < -0.39 is 0 Å². The number of likely N-dealkylation sites (tertiary alicyclic amines) is 1. The molecule has 2 aromatic rings. The number of nitrogens with zero attached hydrogens (tertiary/aromatic N) is 3. The number of hydrogen-bond acceptors (Lipinski definition) is 4. The Kier molecular flexibility index (Phi) is 8.04. The summed E-state index contributed by atoms with van der Waals surface area (Å²) in [7, 11) is 0. The molecule has 2 aliphatic rings. The van der Waals surface area contributed by atoms with E-state index in [1.54, 1.807) is 0 Å². The summed E-state index contributed by atoms with van der Waals surface area (Å²) in [5.41, 5.74) is 3.73. The van der Waals surface area contributed by atoms with Crippen LogP contribution in [0.5, 0.6) is 0 Å². The number of rotatable bonds is 7. The zero-order valence-electron chi connectivity index (χ0n) is 19.4. The number of amides is 2. The van der Waals surface area contributed by atoms with Gasteiger partial charge in [-0.15, -0.1) is 0 Å². The largest absolute Gasteiger partial charge is 0.355 e. The van der Waals surface area contributed by atoms with Gasteiger partial charge in [0, 0.05) is 42.0 Å². The highest BCUT2D eigenvalue weighted by molar-refractivity contribution is 6.30. The molecular formula is C25H34ClN5O2. The number of aromatic nitrogens is 2. The minimum absolute atomic E-state index is 0.0785. The van der Waals surface area contributed by atoms with Crippen molar-refractivity contribution in [3.63, 3.8) is 0 Å². The third-order valence-electron chi connectivity index (χ3n) is 6.58. The molecule has 33 heavy (non-hydrogen) atoms. The molecule has 1 saturated heterocycles. The minimum atomic E-state index is -0.0833. The van der Waals surface area contributed by atoms with Gasteiger partial charge in [-0.05, 0) is 69.2 Å². The van der Waals surface area contributed by atoms with Gasteiger partial charge in [0.2, 0.25) is 5.91 Å². The van der Waals surface area contributed by atoms with E-state index in [2.05, 4.69) is 15.5 Å². The molecule has 1 aromatic carbocycles. The second kappa shape index (κ2) is 11.2. The van der Waals surface area contributed by atoms with Gasteiger partial charge in [-0.25, -0.2) is 4.68 Å². The lowest BCUT2D eigenvalue weighted by molar-refractivity contribution is -0.122. The first-order chi connectivity index (χ1) is 16.0. The van der Waals surface area contributed by atoms with Crippen molar-refractivity contribution in [1.29, 1.82) is 0 Å². The number of benzene rings is 1. The Hall–Kier alpha value is -2.38. The lowest BCUT2D eigenvalue weighted by Crippen LogP contribution is -2.47. The molecule has 8 heteroatoms.